The number of hydrogen-bond donors (Lipinski definition) is 3. The smallest absolute Gasteiger partial charge is 0.306 e. The van der Waals surface area contributed by atoms with Crippen molar-refractivity contribution >= 4 is 17.6 Å². The number of aromatic nitrogens is 1. The minimum atomic E-state index is -0.710. The first kappa shape index (κ1) is 13.3. The summed E-state index contributed by atoms with van der Waals surface area (Å²) < 4.78 is 0. The summed E-state index contributed by atoms with van der Waals surface area (Å²) in [6.07, 6.45) is 4.52. The van der Waals surface area contributed by atoms with Crippen LogP contribution in [0.2, 0.25) is 0 Å². The Balaban J connectivity index is 1.94. The van der Waals surface area contributed by atoms with Gasteiger partial charge in [0, 0.05) is 17.9 Å². The molecular formula is C13H17N3O3. The highest BCUT2D eigenvalue weighted by molar-refractivity contribution is 5.91. The Hall–Kier alpha value is -2.11. The van der Waals surface area contributed by atoms with Gasteiger partial charge in [-0.1, -0.05) is 0 Å². The molecule has 0 radical (unpaired) electrons. The summed E-state index contributed by atoms with van der Waals surface area (Å²) in [5.41, 5.74) is 6.19. The summed E-state index contributed by atoms with van der Waals surface area (Å²) in [6.45, 7) is 0. The van der Waals surface area contributed by atoms with Gasteiger partial charge in [-0.25, -0.2) is 0 Å². The third kappa shape index (κ3) is 3.43. The molecule has 1 heterocycles. The van der Waals surface area contributed by atoms with Crippen LogP contribution in [0.5, 0.6) is 0 Å². The van der Waals surface area contributed by atoms with Crippen LogP contribution >= 0.6 is 0 Å². The number of nitrogens with zero attached hydrogens (tertiary/aromatic N) is 1. The van der Waals surface area contributed by atoms with E-state index >= 15 is 0 Å². The van der Waals surface area contributed by atoms with Crippen molar-refractivity contribution in [1.82, 2.24) is 4.98 Å². The van der Waals surface area contributed by atoms with Crippen LogP contribution in [0.25, 0.3) is 0 Å². The van der Waals surface area contributed by atoms with Gasteiger partial charge in [0.05, 0.1) is 5.92 Å². The molecule has 1 aliphatic rings. The zero-order valence-electron chi connectivity index (χ0n) is 10.5. The van der Waals surface area contributed by atoms with Crippen LogP contribution in [0.4, 0.5) is 5.69 Å². The Labute approximate surface area is 111 Å². The molecule has 6 heteroatoms. The number of anilines is 1. The molecule has 6 nitrogen and oxygen atoms in total. The highest BCUT2D eigenvalue weighted by atomic mass is 16.4. The van der Waals surface area contributed by atoms with Crippen molar-refractivity contribution in [1.29, 1.82) is 0 Å². The number of nitrogens with two attached hydrogens (primary N) is 1. The molecule has 1 aliphatic carbocycles. The number of rotatable bonds is 4. The van der Waals surface area contributed by atoms with Gasteiger partial charge in [0.25, 0.3) is 5.91 Å². The first-order valence-corrected chi connectivity index (χ1v) is 6.31. The highest BCUT2D eigenvalue weighted by Gasteiger charge is 2.25. The lowest BCUT2D eigenvalue weighted by Crippen LogP contribution is -2.29. The quantitative estimate of drug-likeness (QED) is 0.757. The third-order valence-electron chi connectivity index (χ3n) is 3.46. The summed E-state index contributed by atoms with van der Waals surface area (Å²) in [4.78, 5) is 25.8. The molecule has 0 saturated heterocycles. The van der Waals surface area contributed by atoms with Gasteiger partial charge in [0.15, 0.2) is 0 Å². The Morgan fingerprint density at radius 2 is 2.00 bits per heavy atom. The topological polar surface area (TPSA) is 105 Å². The van der Waals surface area contributed by atoms with E-state index in [-0.39, 0.29) is 17.7 Å². The summed E-state index contributed by atoms with van der Waals surface area (Å²) in [5, 5.41) is 12.2. The summed E-state index contributed by atoms with van der Waals surface area (Å²) in [6, 6.07) is 3.63. The largest absolute Gasteiger partial charge is 0.481 e. The number of carboxylic acid groups (broad SMARTS) is 1. The lowest BCUT2D eigenvalue weighted by molar-refractivity contribution is -0.142. The number of carbonyl (C=O) groups excluding carboxylic acids is 1. The Morgan fingerprint density at radius 3 is 2.58 bits per heavy atom. The van der Waals surface area contributed by atoms with E-state index in [1.54, 1.807) is 12.1 Å². The number of pyridine rings is 1. The van der Waals surface area contributed by atoms with E-state index in [1.165, 1.54) is 6.20 Å². The van der Waals surface area contributed by atoms with E-state index in [2.05, 4.69) is 10.3 Å². The fourth-order valence-corrected chi connectivity index (χ4v) is 2.38. The maximum absolute atomic E-state index is 11.0. The number of primary amides is 1. The van der Waals surface area contributed by atoms with Gasteiger partial charge in [-0.05, 0) is 37.8 Å². The fraction of sp³-hybridized carbons (Fsp3) is 0.462. The van der Waals surface area contributed by atoms with Crippen LogP contribution < -0.4 is 11.1 Å². The zero-order chi connectivity index (χ0) is 13.8. The van der Waals surface area contributed by atoms with Gasteiger partial charge in [-0.3, -0.25) is 14.6 Å². The van der Waals surface area contributed by atoms with Gasteiger partial charge in [-0.15, -0.1) is 0 Å². The van der Waals surface area contributed by atoms with Gasteiger partial charge < -0.3 is 16.2 Å². The fourth-order valence-electron chi connectivity index (χ4n) is 2.38. The first-order valence-electron chi connectivity index (χ1n) is 6.31. The summed E-state index contributed by atoms with van der Waals surface area (Å²) >= 11 is 0. The second-order valence-corrected chi connectivity index (χ2v) is 4.83. The molecule has 1 amide bonds. The zero-order valence-corrected chi connectivity index (χ0v) is 10.5. The van der Waals surface area contributed by atoms with Crippen molar-refractivity contribution in [3.63, 3.8) is 0 Å². The molecule has 1 fully saturated rings. The lowest BCUT2D eigenvalue weighted by atomic mass is 9.86. The van der Waals surface area contributed by atoms with Crippen LogP contribution in [0.1, 0.15) is 36.2 Å². The Kier molecular flexibility index (Phi) is 3.99. The maximum Gasteiger partial charge on any atom is 0.306 e. The summed E-state index contributed by atoms with van der Waals surface area (Å²) in [5.74, 6) is -1.49. The molecule has 0 aliphatic heterocycles. The predicted molar refractivity (Wildman–Crippen MR) is 69.8 cm³/mol. The molecule has 102 valence electrons. The monoisotopic (exact) mass is 263 g/mol. The second kappa shape index (κ2) is 5.69. The molecule has 1 aromatic heterocycles. The average Bonchev–Trinajstić information content (AvgIpc) is 2.39. The van der Waals surface area contributed by atoms with Gasteiger partial charge in [-0.2, -0.15) is 0 Å². The first-order chi connectivity index (χ1) is 9.06. The average molecular weight is 263 g/mol. The number of carboxylic acids is 1. The van der Waals surface area contributed by atoms with Crippen molar-refractivity contribution in [2.45, 2.75) is 31.7 Å². The molecule has 0 aromatic carbocycles. The molecule has 4 N–H and O–H groups in total. The van der Waals surface area contributed by atoms with E-state index < -0.39 is 11.9 Å². The van der Waals surface area contributed by atoms with Crippen LogP contribution in [0, 0.1) is 5.92 Å². The highest BCUT2D eigenvalue weighted by Crippen LogP contribution is 2.26. The normalized spacial score (nSPS) is 22.7. The van der Waals surface area contributed by atoms with E-state index in [0.717, 1.165) is 18.5 Å². The van der Waals surface area contributed by atoms with Gasteiger partial charge in [0.1, 0.15) is 5.69 Å². The molecule has 1 aromatic rings. The molecular weight excluding hydrogens is 246 g/mol. The minimum absolute atomic E-state index is 0.225. The van der Waals surface area contributed by atoms with Crippen LogP contribution in [-0.4, -0.2) is 28.0 Å². The van der Waals surface area contributed by atoms with Crippen molar-refractivity contribution in [2.75, 3.05) is 5.32 Å². The number of carbonyl (C=O) groups is 2. The molecule has 19 heavy (non-hydrogen) atoms. The van der Waals surface area contributed by atoms with Crippen molar-refractivity contribution < 1.29 is 14.7 Å². The lowest BCUT2D eigenvalue weighted by Gasteiger charge is -2.27. The SMILES string of the molecule is NC(=O)c1cc(NC2CCC(C(=O)O)CC2)ccn1. The second-order valence-electron chi connectivity index (χ2n) is 4.83. The van der Waals surface area contributed by atoms with Gasteiger partial charge in [0.2, 0.25) is 0 Å². The predicted octanol–water partition coefficient (Wildman–Crippen LogP) is 1.24. The van der Waals surface area contributed by atoms with Crippen LogP contribution in [0.15, 0.2) is 18.3 Å². The number of nitrogens with one attached hydrogen (secondary N) is 1. The van der Waals surface area contributed by atoms with Gasteiger partial charge >= 0.3 is 5.97 Å². The molecule has 1 saturated carbocycles. The molecule has 0 unspecified atom stereocenters. The Morgan fingerprint density at radius 1 is 1.32 bits per heavy atom. The third-order valence-corrected chi connectivity index (χ3v) is 3.46. The standard InChI is InChI=1S/C13H17N3O3/c14-12(17)11-7-10(5-6-15-11)16-9-3-1-8(2-4-9)13(18)19/h5-9H,1-4H2,(H2,14,17)(H,15,16)(H,18,19). The van der Waals surface area contributed by atoms with E-state index in [9.17, 15) is 9.59 Å². The number of amides is 1. The van der Waals surface area contributed by atoms with Crippen molar-refractivity contribution in [3.05, 3.63) is 24.0 Å². The van der Waals surface area contributed by atoms with Crippen molar-refractivity contribution in [3.8, 4) is 0 Å². The van der Waals surface area contributed by atoms with Crippen molar-refractivity contribution in [2.24, 2.45) is 11.7 Å². The molecule has 0 bridgehead atoms. The number of hydrogen-bond acceptors (Lipinski definition) is 4. The van der Waals surface area contributed by atoms with Crippen LogP contribution in [0.3, 0.4) is 0 Å². The Bertz CT molecular complexity index is 482. The minimum Gasteiger partial charge on any atom is -0.481 e. The van der Waals surface area contributed by atoms with Crippen LogP contribution in [-0.2, 0) is 4.79 Å². The molecule has 0 spiro atoms. The van der Waals surface area contributed by atoms with E-state index in [1.807, 2.05) is 0 Å². The molecule has 2 rings (SSSR count). The maximum atomic E-state index is 11.0. The molecule has 0 atom stereocenters. The summed E-state index contributed by atoms with van der Waals surface area (Å²) in [7, 11) is 0. The van der Waals surface area contributed by atoms with E-state index in [0.29, 0.717) is 12.8 Å². The number of aliphatic carboxylic acids is 1. The van der Waals surface area contributed by atoms with E-state index in [4.69, 9.17) is 10.8 Å².